The quantitative estimate of drug-likeness (QED) is 0.784. The van der Waals surface area contributed by atoms with Gasteiger partial charge in [-0.05, 0) is 18.4 Å². The second kappa shape index (κ2) is 4.68. The second-order valence-electron chi connectivity index (χ2n) is 4.70. The number of nitrogens with one attached hydrogen (secondary N) is 3. The first kappa shape index (κ1) is 11.6. The molecule has 1 aliphatic carbocycles. The van der Waals surface area contributed by atoms with E-state index in [9.17, 15) is 4.79 Å². The molecule has 0 aliphatic heterocycles. The molecule has 3 N–H and O–H groups in total. The summed E-state index contributed by atoms with van der Waals surface area (Å²) < 4.78 is 0. The topological polar surface area (TPSA) is 95.6 Å². The van der Waals surface area contributed by atoms with E-state index in [1.807, 2.05) is 6.07 Å². The molecule has 0 spiro atoms. The van der Waals surface area contributed by atoms with Crippen LogP contribution in [0.25, 0.3) is 0 Å². The normalized spacial score (nSPS) is 20.9. The van der Waals surface area contributed by atoms with E-state index in [1.165, 1.54) is 12.7 Å². The minimum absolute atomic E-state index is 0.374. The van der Waals surface area contributed by atoms with Gasteiger partial charge in [0.2, 0.25) is 0 Å². The van der Waals surface area contributed by atoms with E-state index in [2.05, 4.69) is 37.7 Å². The molecule has 3 rings (SSSR count). The summed E-state index contributed by atoms with van der Waals surface area (Å²) in [4.78, 5) is 19.4. The number of amides is 2. The predicted octanol–water partition coefficient (Wildman–Crippen LogP) is 1.97. The van der Waals surface area contributed by atoms with E-state index in [0.29, 0.717) is 23.5 Å². The van der Waals surface area contributed by atoms with Gasteiger partial charge in [-0.3, -0.25) is 15.7 Å². The van der Waals surface area contributed by atoms with Crippen LogP contribution in [-0.4, -0.2) is 26.2 Å². The molecule has 0 saturated heterocycles. The van der Waals surface area contributed by atoms with Gasteiger partial charge >= 0.3 is 6.03 Å². The highest BCUT2D eigenvalue weighted by atomic mass is 16.2. The monoisotopic (exact) mass is 258 g/mol. The highest BCUT2D eigenvalue weighted by Gasteiger charge is 2.35. The number of aromatic amines is 1. The van der Waals surface area contributed by atoms with Gasteiger partial charge in [-0.25, -0.2) is 14.8 Å². The highest BCUT2D eigenvalue weighted by molar-refractivity contribution is 5.98. The summed E-state index contributed by atoms with van der Waals surface area (Å²) in [5.41, 5.74) is 1.07. The Bertz CT molecular complexity index is 581. The molecule has 2 aromatic heterocycles. The van der Waals surface area contributed by atoms with Crippen molar-refractivity contribution in [2.75, 3.05) is 10.6 Å². The summed E-state index contributed by atoms with van der Waals surface area (Å²) >= 11 is 0. The zero-order chi connectivity index (χ0) is 13.2. The molecule has 0 bridgehead atoms. The average Bonchev–Trinajstić information content (AvgIpc) is 2.95. The molecular weight excluding hydrogens is 244 g/mol. The number of carbonyl (C=O) groups excluding carboxylic acids is 1. The number of carbonyl (C=O) groups is 1. The minimum Gasteiger partial charge on any atom is -0.292 e. The first-order valence-corrected chi connectivity index (χ1v) is 6.11. The lowest BCUT2D eigenvalue weighted by molar-refractivity contribution is 0.262. The molecule has 0 radical (unpaired) electrons. The molecule has 2 amide bonds. The maximum Gasteiger partial charge on any atom is 0.326 e. The van der Waals surface area contributed by atoms with Gasteiger partial charge in [-0.2, -0.15) is 5.10 Å². The number of anilines is 2. The van der Waals surface area contributed by atoms with E-state index < -0.39 is 0 Å². The zero-order valence-electron chi connectivity index (χ0n) is 10.4. The first-order chi connectivity index (χ1) is 9.22. The van der Waals surface area contributed by atoms with E-state index in [1.54, 1.807) is 12.3 Å². The Morgan fingerprint density at radius 3 is 2.89 bits per heavy atom. The Balaban J connectivity index is 1.59. The van der Waals surface area contributed by atoms with Gasteiger partial charge in [0.1, 0.15) is 12.1 Å². The number of aromatic nitrogens is 4. The van der Waals surface area contributed by atoms with Crippen LogP contribution in [0, 0.1) is 5.92 Å². The molecule has 2 atom stereocenters. The molecule has 19 heavy (non-hydrogen) atoms. The second-order valence-corrected chi connectivity index (χ2v) is 4.70. The molecule has 2 unspecified atom stereocenters. The minimum atomic E-state index is -0.374. The molecule has 0 aromatic carbocycles. The lowest BCUT2D eigenvalue weighted by Gasteiger charge is -2.03. The molecule has 2 aromatic rings. The van der Waals surface area contributed by atoms with Crippen molar-refractivity contribution in [2.24, 2.45) is 5.92 Å². The Morgan fingerprint density at radius 2 is 2.21 bits per heavy atom. The number of nitrogens with zero attached hydrogens (tertiary/aromatic N) is 3. The van der Waals surface area contributed by atoms with Gasteiger partial charge in [0.05, 0.1) is 0 Å². The van der Waals surface area contributed by atoms with Gasteiger partial charge in [0.15, 0.2) is 5.82 Å². The number of rotatable bonds is 3. The largest absolute Gasteiger partial charge is 0.326 e. The van der Waals surface area contributed by atoms with Crippen molar-refractivity contribution in [3.63, 3.8) is 0 Å². The zero-order valence-corrected chi connectivity index (χ0v) is 10.4. The van der Waals surface area contributed by atoms with Crippen molar-refractivity contribution in [3.8, 4) is 0 Å². The smallest absolute Gasteiger partial charge is 0.292 e. The van der Waals surface area contributed by atoms with Crippen molar-refractivity contribution in [1.29, 1.82) is 0 Å². The average molecular weight is 258 g/mol. The summed E-state index contributed by atoms with van der Waals surface area (Å²) in [5.74, 6) is 2.20. The van der Waals surface area contributed by atoms with Crippen LogP contribution in [0.5, 0.6) is 0 Å². The van der Waals surface area contributed by atoms with Crippen LogP contribution in [-0.2, 0) is 0 Å². The fraction of sp³-hybridized carbons (Fsp3) is 0.333. The molecule has 2 heterocycles. The van der Waals surface area contributed by atoms with Crippen LogP contribution in [0.1, 0.15) is 25.0 Å². The van der Waals surface area contributed by atoms with Gasteiger partial charge < -0.3 is 0 Å². The summed E-state index contributed by atoms with van der Waals surface area (Å²) in [5, 5.41) is 12.3. The third-order valence-corrected chi connectivity index (χ3v) is 3.17. The van der Waals surface area contributed by atoms with E-state index in [0.717, 1.165) is 5.69 Å². The number of urea groups is 1. The summed E-state index contributed by atoms with van der Waals surface area (Å²) in [7, 11) is 0. The maximum absolute atomic E-state index is 11.7. The van der Waals surface area contributed by atoms with Crippen molar-refractivity contribution >= 4 is 17.7 Å². The summed E-state index contributed by atoms with van der Waals surface area (Å²) in [6.07, 6.45) is 4.11. The van der Waals surface area contributed by atoms with Crippen molar-refractivity contribution in [2.45, 2.75) is 19.3 Å². The van der Waals surface area contributed by atoms with Crippen LogP contribution in [0.15, 0.2) is 24.7 Å². The van der Waals surface area contributed by atoms with E-state index in [4.69, 9.17) is 0 Å². The highest BCUT2D eigenvalue weighted by Crippen LogP contribution is 2.46. The lowest BCUT2D eigenvalue weighted by Crippen LogP contribution is -2.20. The Morgan fingerprint density at radius 1 is 1.42 bits per heavy atom. The third kappa shape index (κ3) is 2.70. The van der Waals surface area contributed by atoms with Crippen LogP contribution >= 0.6 is 0 Å². The van der Waals surface area contributed by atoms with Gasteiger partial charge in [0.25, 0.3) is 0 Å². The summed E-state index contributed by atoms with van der Waals surface area (Å²) in [6.45, 7) is 2.19. The van der Waals surface area contributed by atoms with E-state index in [-0.39, 0.29) is 6.03 Å². The molecule has 7 nitrogen and oxygen atoms in total. The van der Waals surface area contributed by atoms with Gasteiger partial charge in [-0.15, -0.1) is 0 Å². The Labute approximate surface area is 109 Å². The number of hydrogen-bond donors (Lipinski definition) is 3. The van der Waals surface area contributed by atoms with Crippen LogP contribution in [0.2, 0.25) is 0 Å². The Hall–Kier alpha value is -2.44. The van der Waals surface area contributed by atoms with Gasteiger partial charge in [0, 0.05) is 23.9 Å². The third-order valence-electron chi connectivity index (χ3n) is 3.17. The lowest BCUT2D eigenvalue weighted by atomic mass is 10.2. The summed E-state index contributed by atoms with van der Waals surface area (Å²) in [6, 6.07) is 3.11. The predicted molar refractivity (Wildman–Crippen MR) is 69.8 cm³/mol. The maximum atomic E-state index is 11.7. The first-order valence-electron chi connectivity index (χ1n) is 6.11. The Kier molecular flexibility index (Phi) is 2.86. The standard InChI is InChI=1S/C12H14N6O/c1-7-4-8(7)9-5-11(18-17-9)16-12(19)15-10-2-3-13-6-14-10/h2-3,5-8H,4H2,1H3,(H3,13,14,15,16,17,18,19). The molecular formula is C12H14N6O. The molecule has 1 fully saturated rings. The van der Waals surface area contributed by atoms with Crippen LogP contribution in [0.4, 0.5) is 16.4 Å². The van der Waals surface area contributed by atoms with Crippen molar-refractivity contribution in [1.82, 2.24) is 20.2 Å². The SMILES string of the molecule is CC1CC1c1cc(NC(=O)Nc2ccncn2)n[nH]1. The van der Waals surface area contributed by atoms with Crippen molar-refractivity contribution < 1.29 is 4.79 Å². The number of hydrogen-bond acceptors (Lipinski definition) is 4. The fourth-order valence-corrected chi connectivity index (χ4v) is 1.97. The van der Waals surface area contributed by atoms with Crippen molar-refractivity contribution in [3.05, 3.63) is 30.4 Å². The van der Waals surface area contributed by atoms with Crippen LogP contribution in [0.3, 0.4) is 0 Å². The molecule has 1 aliphatic rings. The molecule has 98 valence electrons. The number of H-pyrrole nitrogens is 1. The van der Waals surface area contributed by atoms with Crippen LogP contribution < -0.4 is 10.6 Å². The van der Waals surface area contributed by atoms with Gasteiger partial charge in [-0.1, -0.05) is 6.92 Å². The molecule has 1 saturated carbocycles. The van der Waals surface area contributed by atoms with E-state index >= 15 is 0 Å². The fourth-order valence-electron chi connectivity index (χ4n) is 1.97. The molecule has 7 heteroatoms.